The third kappa shape index (κ3) is 3.32. The van der Waals surface area contributed by atoms with E-state index in [-0.39, 0.29) is 23.9 Å². The van der Waals surface area contributed by atoms with Gasteiger partial charge in [-0.15, -0.1) is 0 Å². The van der Waals surface area contributed by atoms with Crippen molar-refractivity contribution in [1.29, 1.82) is 0 Å². The Morgan fingerprint density at radius 3 is 2.68 bits per heavy atom. The fourth-order valence-corrected chi connectivity index (χ4v) is 5.35. The van der Waals surface area contributed by atoms with Crippen molar-refractivity contribution >= 4 is 16.0 Å². The van der Waals surface area contributed by atoms with Gasteiger partial charge in [0.1, 0.15) is 0 Å². The first-order chi connectivity index (χ1) is 11.9. The van der Waals surface area contributed by atoms with Gasteiger partial charge < -0.3 is 9.84 Å². The lowest BCUT2D eigenvalue weighted by Gasteiger charge is -2.34. The molecule has 0 amide bonds. The van der Waals surface area contributed by atoms with Gasteiger partial charge in [0.25, 0.3) is 0 Å². The van der Waals surface area contributed by atoms with E-state index in [2.05, 4.69) is 6.92 Å². The van der Waals surface area contributed by atoms with Crippen LogP contribution < -0.4 is 0 Å². The van der Waals surface area contributed by atoms with E-state index < -0.39 is 21.4 Å². The molecule has 138 valence electrons. The molecule has 6 nitrogen and oxygen atoms in total. The van der Waals surface area contributed by atoms with Crippen LogP contribution in [0.2, 0.25) is 0 Å². The van der Waals surface area contributed by atoms with Crippen molar-refractivity contribution in [3.63, 3.8) is 0 Å². The molecule has 2 atom stereocenters. The second-order valence-corrected chi connectivity index (χ2v) is 8.97. The SMILES string of the molecule is CCCCc1ccc(S(=O)(=O)N2C[C@@H]3COCC[C@]3(C(=O)O)C2)cc1. The molecule has 2 saturated heterocycles. The Hall–Kier alpha value is -1.44. The van der Waals surface area contributed by atoms with Crippen LogP contribution in [-0.2, 0) is 26.0 Å². The predicted octanol–water partition coefficient (Wildman–Crippen LogP) is 2.14. The first-order valence-electron chi connectivity index (χ1n) is 8.80. The Labute approximate surface area is 148 Å². The number of hydrogen-bond donors (Lipinski definition) is 1. The maximum absolute atomic E-state index is 13.0. The maximum Gasteiger partial charge on any atom is 0.311 e. The summed E-state index contributed by atoms with van der Waals surface area (Å²) in [6.07, 6.45) is 3.45. The number of hydrogen-bond acceptors (Lipinski definition) is 4. The average Bonchev–Trinajstić information content (AvgIpc) is 3.02. The molecule has 0 saturated carbocycles. The van der Waals surface area contributed by atoms with Crippen LogP contribution in [0.25, 0.3) is 0 Å². The molecule has 0 radical (unpaired) electrons. The lowest BCUT2D eigenvalue weighted by molar-refractivity contribution is -0.157. The summed E-state index contributed by atoms with van der Waals surface area (Å²) in [6, 6.07) is 6.96. The molecule has 1 N–H and O–H groups in total. The number of rotatable bonds is 6. The van der Waals surface area contributed by atoms with Crippen molar-refractivity contribution < 1.29 is 23.1 Å². The Kier molecular flexibility index (Phi) is 5.18. The van der Waals surface area contributed by atoms with Gasteiger partial charge in [-0.25, -0.2) is 8.42 Å². The summed E-state index contributed by atoms with van der Waals surface area (Å²) in [7, 11) is -3.69. The number of nitrogens with zero attached hydrogens (tertiary/aromatic N) is 1. The van der Waals surface area contributed by atoms with E-state index in [0.29, 0.717) is 19.6 Å². The number of carbonyl (C=O) groups is 1. The van der Waals surface area contributed by atoms with Gasteiger partial charge in [0, 0.05) is 25.6 Å². The number of carboxylic acid groups (broad SMARTS) is 1. The van der Waals surface area contributed by atoms with Crippen LogP contribution in [0.4, 0.5) is 0 Å². The summed E-state index contributed by atoms with van der Waals surface area (Å²) >= 11 is 0. The molecular weight excluding hydrogens is 342 g/mol. The van der Waals surface area contributed by atoms with Gasteiger partial charge in [-0.3, -0.25) is 4.79 Å². The van der Waals surface area contributed by atoms with Crippen LogP contribution in [-0.4, -0.2) is 50.1 Å². The minimum absolute atomic E-state index is 0.0241. The molecule has 2 heterocycles. The number of unbranched alkanes of at least 4 members (excludes halogenated alkanes) is 1. The van der Waals surface area contributed by atoms with E-state index in [1.54, 1.807) is 12.1 Å². The minimum atomic E-state index is -3.69. The molecule has 3 rings (SSSR count). The molecule has 7 heteroatoms. The molecule has 2 fully saturated rings. The molecule has 1 aromatic carbocycles. The molecule has 0 unspecified atom stereocenters. The standard InChI is InChI=1S/C18H25NO5S/c1-2-3-4-14-5-7-16(8-6-14)25(22,23)19-11-15-12-24-10-9-18(15,13-19)17(20)21/h5-8,15H,2-4,9-13H2,1H3,(H,20,21)/t15-,18+/m1/s1. The summed E-state index contributed by atoms with van der Waals surface area (Å²) in [5.74, 6) is -1.22. The minimum Gasteiger partial charge on any atom is -0.481 e. The van der Waals surface area contributed by atoms with Crippen LogP contribution in [0, 0.1) is 11.3 Å². The monoisotopic (exact) mass is 367 g/mol. The lowest BCUT2D eigenvalue weighted by atomic mass is 9.74. The number of benzene rings is 1. The molecule has 2 aliphatic heterocycles. The predicted molar refractivity (Wildman–Crippen MR) is 92.8 cm³/mol. The first-order valence-corrected chi connectivity index (χ1v) is 10.2. The number of fused-ring (bicyclic) bond motifs is 1. The largest absolute Gasteiger partial charge is 0.481 e. The molecule has 0 aliphatic carbocycles. The summed E-state index contributed by atoms with van der Waals surface area (Å²) in [4.78, 5) is 12.1. The van der Waals surface area contributed by atoms with Gasteiger partial charge in [0.2, 0.25) is 10.0 Å². The Balaban J connectivity index is 1.82. The number of sulfonamides is 1. The molecule has 0 aromatic heterocycles. The highest BCUT2D eigenvalue weighted by molar-refractivity contribution is 7.89. The summed E-state index contributed by atoms with van der Waals surface area (Å²) in [5.41, 5.74) is 0.0955. The third-order valence-corrected chi connectivity index (χ3v) is 7.31. The van der Waals surface area contributed by atoms with E-state index >= 15 is 0 Å². The van der Waals surface area contributed by atoms with Crippen molar-refractivity contribution in [3.05, 3.63) is 29.8 Å². The van der Waals surface area contributed by atoms with Crippen molar-refractivity contribution in [1.82, 2.24) is 4.31 Å². The van der Waals surface area contributed by atoms with Gasteiger partial charge in [-0.1, -0.05) is 25.5 Å². The van der Waals surface area contributed by atoms with E-state index in [1.165, 1.54) is 4.31 Å². The summed E-state index contributed by atoms with van der Waals surface area (Å²) in [5, 5.41) is 9.70. The van der Waals surface area contributed by atoms with Crippen LogP contribution in [0.15, 0.2) is 29.2 Å². The van der Waals surface area contributed by atoms with Crippen LogP contribution in [0.3, 0.4) is 0 Å². The molecule has 2 aliphatic rings. The third-order valence-electron chi connectivity index (χ3n) is 5.48. The quantitative estimate of drug-likeness (QED) is 0.833. The Morgan fingerprint density at radius 2 is 2.08 bits per heavy atom. The van der Waals surface area contributed by atoms with Gasteiger partial charge in [-0.2, -0.15) is 4.31 Å². The molecule has 25 heavy (non-hydrogen) atoms. The van der Waals surface area contributed by atoms with Crippen molar-refractivity contribution in [3.8, 4) is 0 Å². The molecule has 0 spiro atoms. The van der Waals surface area contributed by atoms with Gasteiger partial charge in [-0.05, 0) is 37.0 Å². The number of aryl methyl sites for hydroxylation is 1. The topological polar surface area (TPSA) is 83.9 Å². The van der Waals surface area contributed by atoms with E-state index in [0.717, 1.165) is 24.8 Å². The van der Waals surface area contributed by atoms with Crippen LogP contribution in [0.5, 0.6) is 0 Å². The smallest absolute Gasteiger partial charge is 0.311 e. The van der Waals surface area contributed by atoms with Crippen molar-refractivity contribution in [2.75, 3.05) is 26.3 Å². The molecule has 0 bridgehead atoms. The highest BCUT2D eigenvalue weighted by atomic mass is 32.2. The number of aliphatic carboxylic acids is 1. The van der Waals surface area contributed by atoms with E-state index in [9.17, 15) is 18.3 Å². The lowest BCUT2D eigenvalue weighted by Crippen LogP contribution is -2.45. The maximum atomic E-state index is 13.0. The van der Waals surface area contributed by atoms with Crippen LogP contribution in [0.1, 0.15) is 31.7 Å². The normalized spacial score (nSPS) is 27.2. The number of ether oxygens (including phenoxy) is 1. The zero-order chi connectivity index (χ0) is 18.1. The van der Waals surface area contributed by atoms with Gasteiger partial charge in [0.15, 0.2) is 0 Å². The Morgan fingerprint density at radius 1 is 1.36 bits per heavy atom. The van der Waals surface area contributed by atoms with Crippen LogP contribution >= 0.6 is 0 Å². The van der Waals surface area contributed by atoms with E-state index in [4.69, 9.17) is 4.74 Å². The fourth-order valence-electron chi connectivity index (χ4n) is 3.79. The zero-order valence-electron chi connectivity index (χ0n) is 14.5. The van der Waals surface area contributed by atoms with Crippen molar-refractivity contribution in [2.45, 2.75) is 37.5 Å². The fraction of sp³-hybridized carbons (Fsp3) is 0.611. The van der Waals surface area contributed by atoms with Gasteiger partial charge in [0.05, 0.1) is 16.9 Å². The second kappa shape index (κ2) is 7.05. The Bertz CT molecular complexity index is 730. The number of carboxylic acids is 1. The molecule has 1 aromatic rings. The highest BCUT2D eigenvalue weighted by Gasteiger charge is 2.56. The average molecular weight is 367 g/mol. The first kappa shape index (κ1) is 18.4. The zero-order valence-corrected chi connectivity index (χ0v) is 15.3. The van der Waals surface area contributed by atoms with Gasteiger partial charge >= 0.3 is 5.97 Å². The second-order valence-electron chi connectivity index (χ2n) is 7.03. The summed E-state index contributed by atoms with van der Waals surface area (Å²) < 4.78 is 32.6. The highest BCUT2D eigenvalue weighted by Crippen LogP contribution is 2.44. The summed E-state index contributed by atoms with van der Waals surface area (Å²) in [6.45, 7) is 3.01. The van der Waals surface area contributed by atoms with Crippen molar-refractivity contribution in [2.24, 2.45) is 11.3 Å². The molecular formula is C18H25NO5S. The van der Waals surface area contributed by atoms with E-state index in [1.807, 2.05) is 12.1 Å².